The van der Waals surface area contributed by atoms with E-state index in [1.54, 1.807) is 25.3 Å². The van der Waals surface area contributed by atoms with Gasteiger partial charge in [0, 0.05) is 11.5 Å². The molecule has 1 aromatic rings. The molecule has 0 aliphatic rings. The van der Waals surface area contributed by atoms with Gasteiger partial charge in [-0.05, 0) is 24.1 Å². The quantitative estimate of drug-likeness (QED) is 0.587. The summed E-state index contributed by atoms with van der Waals surface area (Å²) < 4.78 is 5.06. The molecule has 0 amide bonds. The average Bonchev–Trinajstić information content (AvgIpc) is 2.28. The largest absolute Gasteiger partial charge is 0.497 e. The first-order chi connectivity index (χ1) is 7.67. The number of hydrogen-bond acceptors (Lipinski definition) is 4. The van der Waals surface area contributed by atoms with Crippen molar-refractivity contribution in [3.05, 3.63) is 39.9 Å². The molecule has 1 atom stereocenters. The topological polar surface area (TPSA) is 72.6 Å². The Kier molecular flexibility index (Phi) is 4.72. The lowest BCUT2D eigenvalue weighted by Crippen LogP contribution is -2.14. The minimum Gasteiger partial charge on any atom is -0.497 e. The second kappa shape index (κ2) is 6.07. The molecule has 0 aliphatic heterocycles. The Labute approximate surface area is 93.8 Å². The number of aliphatic hydroxyl groups excluding tert-OH is 1. The fourth-order valence-corrected chi connectivity index (χ4v) is 1.59. The minimum absolute atomic E-state index is 0.0598. The Morgan fingerprint density at radius 2 is 2.31 bits per heavy atom. The molecule has 0 radical (unpaired) electrons. The Hall–Kier alpha value is -1.62. The number of rotatable bonds is 6. The lowest BCUT2D eigenvalue weighted by molar-refractivity contribution is -0.483. The van der Waals surface area contributed by atoms with Gasteiger partial charge in [0.05, 0.1) is 13.0 Å². The first kappa shape index (κ1) is 12.4. The van der Waals surface area contributed by atoms with Crippen LogP contribution in [-0.2, 0) is 0 Å². The van der Waals surface area contributed by atoms with Crippen LogP contribution in [0.4, 0.5) is 0 Å². The molecular formula is C11H15NO4. The highest BCUT2D eigenvalue weighted by Crippen LogP contribution is 2.23. The summed E-state index contributed by atoms with van der Waals surface area (Å²) in [7, 11) is 1.55. The van der Waals surface area contributed by atoms with Crippen molar-refractivity contribution in [3.8, 4) is 5.75 Å². The fourth-order valence-electron chi connectivity index (χ4n) is 1.59. The minimum atomic E-state index is -0.361. The summed E-state index contributed by atoms with van der Waals surface area (Å²) in [6.45, 7) is -0.233. The molecular weight excluding hydrogens is 210 g/mol. The van der Waals surface area contributed by atoms with E-state index in [9.17, 15) is 10.1 Å². The first-order valence-electron chi connectivity index (χ1n) is 5.04. The van der Waals surface area contributed by atoms with Gasteiger partial charge in [-0.3, -0.25) is 10.1 Å². The SMILES string of the molecule is COc1cccc([C@H](CCO)C[N+](=O)[O-])c1. The third-order valence-electron chi connectivity index (χ3n) is 2.41. The number of benzene rings is 1. The van der Waals surface area contributed by atoms with Gasteiger partial charge in [-0.15, -0.1) is 0 Å². The molecule has 5 heteroatoms. The van der Waals surface area contributed by atoms with Gasteiger partial charge in [0.1, 0.15) is 5.75 Å². The molecule has 5 nitrogen and oxygen atoms in total. The maximum Gasteiger partial charge on any atom is 0.210 e. The molecule has 88 valence electrons. The molecule has 0 aliphatic carbocycles. The predicted molar refractivity (Wildman–Crippen MR) is 59.3 cm³/mol. The lowest BCUT2D eigenvalue weighted by atomic mass is 9.96. The molecule has 0 saturated heterocycles. The maximum atomic E-state index is 10.5. The van der Waals surface area contributed by atoms with Gasteiger partial charge in [0.2, 0.25) is 6.54 Å². The second-order valence-electron chi connectivity index (χ2n) is 3.50. The van der Waals surface area contributed by atoms with E-state index < -0.39 is 0 Å². The zero-order valence-electron chi connectivity index (χ0n) is 9.13. The van der Waals surface area contributed by atoms with E-state index in [1.165, 1.54) is 0 Å². The molecule has 0 unspecified atom stereocenters. The van der Waals surface area contributed by atoms with Crippen LogP contribution < -0.4 is 4.74 Å². The number of nitrogens with zero attached hydrogens (tertiary/aromatic N) is 1. The Morgan fingerprint density at radius 3 is 2.88 bits per heavy atom. The van der Waals surface area contributed by atoms with E-state index in [-0.39, 0.29) is 24.0 Å². The number of hydrogen-bond donors (Lipinski definition) is 1. The van der Waals surface area contributed by atoms with E-state index in [0.717, 1.165) is 5.56 Å². The van der Waals surface area contributed by atoms with Crippen LogP contribution in [0.1, 0.15) is 17.9 Å². The Morgan fingerprint density at radius 1 is 1.56 bits per heavy atom. The zero-order valence-corrected chi connectivity index (χ0v) is 9.13. The predicted octanol–water partition coefficient (Wildman–Crippen LogP) is 1.44. The summed E-state index contributed by atoms with van der Waals surface area (Å²) >= 11 is 0. The first-order valence-corrected chi connectivity index (χ1v) is 5.04. The van der Waals surface area contributed by atoms with Crippen LogP contribution in [0.2, 0.25) is 0 Å². The lowest BCUT2D eigenvalue weighted by Gasteiger charge is -2.12. The van der Waals surface area contributed by atoms with E-state index >= 15 is 0 Å². The molecule has 0 aromatic heterocycles. The van der Waals surface area contributed by atoms with E-state index in [1.807, 2.05) is 6.07 Å². The van der Waals surface area contributed by atoms with Crippen LogP contribution >= 0.6 is 0 Å². The van der Waals surface area contributed by atoms with Gasteiger partial charge in [-0.2, -0.15) is 0 Å². The van der Waals surface area contributed by atoms with Crippen molar-refractivity contribution in [2.45, 2.75) is 12.3 Å². The zero-order chi connectivity index (χ0) is 12.0. The molecule has 0 bridgehead atoms. The summed E-state index contributed by atoms with van der Waals surface area (Å²) in [4.78, 5) is 10.1. The van der Waals surface area contributed by atoms with Gasteiger partial charge in [-0.25, -0.2) is 0 Å². The molecule has 0 fully saturated rings. The van der Waals surface area contributed by atoms with Gasteiger partial charge < -0.3 is 9.84 Å². The summed E-state index contributed by atoms with van der Waals surface area (Å²) in [5, 5.41) is 19.4. The van der Waals surface area contributed by atoms with Crippen molar-refractivity contribution in [2.75, 3.05) is 20.3 Å². The van der Waals surface area contributed by atoms with Gasteiger partial charge in [0.15, 0.2) is 0 Å². The maximum absolute atomic E-state index is 10.5. The molecule has 1 N–H and O–H groups in total. The van der Waals surface area contributed by atoms with Crippen molar-refractivity contribution < 1.29 is 14.8 Å². The summed E-state index contributed by atoms with van der Waals surface area (Å²) in [5.74, 6) is 0.402. The smallest absolute Gasteiger partial charge is 0.210 e. The average molecular weight is 225 g/mol. The summed E-state index contributed by atoms with van der Waals surface area (Å²) in [6, 6.07) is 7.15. The number of methoxy groups -OCH3 is 1. The van der Waals surface area contributed by atoms with E-state index in [4.69, 9.17) is 9.84 Å². The van der Waals surface area contributed by atoms with Crippen LogP contribution in [0, 0.1) is 10.1 Å². The molecule has 0 heterocycles. The highest BCUT2D eigenvalue weighted by Gasteiger charge is 2.17. The third kappa shape index (κ3) is 3.51. The molecule has 1 rings (SSSR count). The molecule has 16 heavy (non-hydrogen) atoms. The second-order valence-corrected chi connectivity index (χ2v) is 3.50. The molecule has 0 saturated carbocycles. The monoisotopic (exact) mass is 225 g/mol. The Balaban J connectivity index is 2.86. The standard InChI is InChI=1S/C11H15NO4/c1-16-11-4-2-3-9(7-11)10(5-6-13)8-12(14)15/h2-4,7,10,13H,5-6,8H2,1H3/t10-/m1/s1. The van der Waals surface area contributed by atoms with E-state index in [0.29, 0.717) is 12.2 Å². The van der Waals surface area contributed by atoms with Crippen LogP contribution in [-0.4, -0.2) is 30.3 Å². The van der Waals surface area contributed by atoms with Crippen molar-refractivity contribution in [3.63, 3.8) is 0 Å². The number of aliphatic hydroxyl groups is 1. The number of nitro groups is 1. The van der Waals surface area contributed by atoms with Crippen molar-refractivity contribution in [1.82, 2.24) is 0 Å². The third-order valence-corrected chi connectivity index (χ3v) is 2.41. The molecule has 0 spiro atoms. The van der Waals surface area contributed by atoms with Gasteiger partial charge >= 0.3 is 0 Å². The van der Waals surface area contributed by atoms with Crippen LogP contribution in [0.5, 0.6) is 5.75 Å². The van der Waals surface area contributed by atoms with Crippen molar-refractivity contribution >= 4 is 0 Å². The molecule has 1 aromatic carbocycles. The van der Waals surface area contributed by atoms with E-state index in [2.05, 4.69) is 0 Å². The highest BCUT2D eigenvalue weighted by atomic mass is 16.6. The fraction of sp³-hybridized carbons (Fsp3) is 0.455. The summed E-state index contributed by atoms with van der Waals surface area (Å²) in [6.07, 6.45) is 0.383. The summed E-state index contributed by atoms with van der Waals surface area (Å²) in [5.41, 5.74) is 0.824. The van der Waals surface area contributed by atoms with Gasteiger partial charge in [0.25, 0.3) is 0 Å². The van der Waals surface area contributed by atoms with Crippen LogP contribution in [0.3, 0.4) is 0 Å². The van der Waals surface area contributed by atoms with Crippen LogP contribution in [0.25, 0.3) is 0 Å². The number of ether oxygens (including phenoxy) is 1. The highest BCUT2D eigenvalue weighted by molar-refractivity contribution is 5.30. The van der Waals surface area contributed by atoms with Gasteiger partial charge in [-0.1, -0.05) is 12.1 Å². The Bertz CT molecular complexity index is 354. The van der Waals surface area contributed by atoms with Crippen LogP contribution in [0.15, 0.2) is 24.3 Å². The normalized spacial score (nSPS) is 12.1. The van der Waals surface area contributed by atoms with Crippen molar-refractivity contribution in [1.29, 1.82) is 0 Å². The van der Waals surface area contributed by atoms with Crippen molar-refractivity contribution in [2.24, 2.45) is 0 Å².